The standard InChI is InChI=1S/C16H14F5N3O2S/c1-8(9-3-4-10(17)11(18)5-9)24(2)14(26)7-27-15-22-12(16(19,20)21)6-13(25)23-15/h3-6,8H,7H2,1-2H3,(H,22,23,25). The van der Waals surface area contributed by atoms with Gasteiger partial charge >= 0.3 is 6.18 Å². The fourth-order valence-electron chi connectivity index (χ4n) is 2.09. The van der Waals surface area contributed by atoms with E-state index in [2.05, 4.69) is 9.97 Å². The molecule has 146 valence electrons. The van der Waals surface area contributed by atoms with Crippen LogP contribution in [0.5, 0.6) is 0 Å². The zero-order chi connectivity index (χ0) is 20.4. The SMILES string of the molecule is CC(c1ccc(F)c(F)c1)N(C)C(=O)CSc1nc(C(F)(F)F)cc(=O)[nH]1. The number of alkyl halides is 3. The number of nitrogens with zero attached hydrogens (tertiary/aromatic N) is 2. The Morgan fingerprint density at radius 3 is 2.52 bits per heavy atom. The third-order valence-electron chi connectivity index (χ3n) is 3.74. The Morgan fingerprint density at radius 1 is 1.26 bits per heavy atom. The van der Waals surface area contributed by atoms with Crippen LogP contribution in [0.25, 0.3) is 0 Å². The maximum absolute atomic E-state index is 13.3. The smallest absolute Gasteiger partial charge is 0.338 e. The average molecular weight is 407 g/mol. The van der Waals surface area contributed by atoms with E-state index in [9.17, 15) is 31.5 Å². The molecule has 5 nitrogen and oxygen atoms in total. The van der Waals surface area contributed by atoms with Gasteiger partial charge in [-0.3, -0.25) is 9.59 Å². The van der Waals surface area contributed by atoms with Crippen LogP contribution in [0.15, 0.2) is 34.2 Å². The summed E-state index contributed by atoms with van der Waals surface area (Å²) in [6, 6.07) is 2.94. The third-order valence-corrected chi connectivity index (χ3v) is 4.60. The molecule has 2 rings (SSSR count). The molecule has 1 unspecified atom stereocenters. The quantitative estimate of drug-likeness (QED) is 0.469. The Labute approximate surface area is 154 Å². The second kappa shape index (κ2) is 8.07. The lowest BCUT2D eigenvalue weighted by Crippen LogP contribution is -2.31. The molecule has 2 aromatic rings. The number of amides is 1. The number of thioether (sulfide) groups is 1. The van der Waals surface area contributed by atoms with Crippen LogP contribution in [-0.4, -0.2) is 33.6 Å². The summed E-state index contributed by atoms with van der Waals surface area (Å²) in [4.78, 5) is 30.2. The number of hydrogen-bond donors (Lipinski definition) is 1. The molecule has 0 spiro atoms. The number of hydrogen-bond acceptors (Lipinski definition) is 4. The van der Waals surface area contributed by atoms with Gasteiger partial charge in [-0.05, 0) is 24.6 Å². The van der Waals surface area contributed by atoms with Gasteiger partial charge in [-0.1, -0.05) is 17.8 Å². The van der Waals surface area contributed by atoms with E-state index in [1.165, 1.54) is 18.0 Å². The van der Waals surface area contributed by atoms with Gasteiger partial charge in [-0.25, -0.2) is 13.8 Å². The topological polar surface area (TPSA) is 66.1 Å². The molecule has 0 fully saturated rings. The number of nitrogens with one attached hydrogen (secondary N) is 1. The summed E-state index contributed by atoms with van der Waals surface area (Å²) in [6.45, 7) is 1.58. The van der Waals surface area contributed by atoms with Crippen molar-refractivity contribution in [3.63, 3.8) is 0 Å². The molecule has 1 amide bonds. The molecule has 1 heterocycles. The molecule has 1 aromatic heterocycles. The van der Waals surface area contributed by atoms with Crippen LogP contribution in [0, 0.1) is 11.6 Å². The summed E-state index contributed by atoms with van der Waals surface area (Å²) in [5.41, 5.74) is -2.00. The van der Waals surface area contributed by atoms with Crippen LogP contribution in [0.3, 0.4) is 0 Å². The highest BCUT2D eigenvalue weighted by atomic mass is 32.2. The highest BCUT2D eigenvalue weighted by molar-refractivity contribution is 7.99. The molecule has 0 aliphatic carbocycles. The number of aromatic amines is 1. The maximum Gasteiger partial charge on any atom is 0.433 e. The first-order chi connectivity index (χ1) is 12.5. The molecule has 0 aliphatic heterocycles. The molecule has 0 radical (unpaired) electrons. The van der Waals surface area contributed by atoms with Gasteiger partial charge in [0.2, 0.25) is 5.91 Å². The normalized spacial score (nSPS) is 12.7. The highest BCUT2D eigenvalue weighted by Crippen LogP contribution is 2.28. The summed E-state index contributed by atoms with van der Waals surface area (Å²) >= 11 is 0.628. The Kier molecular flexibility index (Phi) is 6.24. The van der Waals surface area contributed by atoms with Crippen molar-refractivity contribution >= 4 is 17.7 Å². The van der Waals surface area contributed by atoms with Crippen molar-refractivity contribution in [1.82, 2.24) is 14.9 Å². The summed E-state index contributed by atoms with van der Waals surface area (Å²) in [6.07, 6.45) is -4.79. The second-order valence-corrected chi connectivity index (χ2v) is 6.54. The number of carbonyl (C=O) groups excluding carboxylic acids is 1. The fourth-order valence-corrected chi connectivity index (χ4v) is 2.89. The number of rotatable bonds is 5. The number of carbonyl (C=O) groups is 1. The van der Waals surface area contributed by atoms with Crippen molar-refractivity contribution in [1.29, 1.82) is 0 Å². The molecular weight excluding hydrogens is 393 g/mol. The van der Waals surface area contributed by atoms with E-state index in [0.717, 1.165) is 12.1 Å². The van der Waals surface area contributed by atoms with Gasteiger partial charge < -0.3 is 9.88 Å². The Balaban J connectivity index is 2.07. The van der Waals surface area contributed by atoms with Crippen LogP contribution >= 0.6 is 11.8 Å². The van der Waals surface area contributed by atoms with E-state index in [1.807, 2.05) is 0 Å². The van der Waals surface area contributed by atoms with Gasteiger partial charge in [0.05, 0.1) is 11.8 Å². The fraction of sp³-hybridized carbons (Fsp3) is 0.312. The number of benzene rings is 1. The highest BCUT2D eigenvalue weighted by Gasteiger charge is 2.33. The van der Waals surface area contributed by atoms with Gasteiger partial charge in [0.15, 0.2) is 22.5 Å². The van der Waals surface area contributed by atoms with E-state index in [0.29, 0.717) is 23.4 Å². The molecule has 27 heavy (non-hydrogen) atoms. The maximum atomic E-state index is 13.3. The van der Waals surface area contributed by atoms with Gasteiger partial charge in [-0.2, -0.15) is 13.2 Å². The van der Waals surface area contributed by atoms with Crippen molar-refractivity contribution in [3.8, 4) is 0 Å². The third kappa shape index (κ3) is 5.28. The lowest BCUT2D eigenvalue weighted by atomic mass is 10.1. The molecule has 0 aliphatic rings. The Hall–Kier alpha value is -2.43. The van der Waals surface area contributed by atoms with E-state index < -0.39 is 41.0 Å². The summed E-state index contributed by atoms with van der Waals surface area (Å²) in [5.74, 6) is -2.89. The molecular formula is C16H14F5N3O2S. The van der Waals surface area contributed by atoms with Crippen molar-refractivity contribution in [2.24, 2.45) is 0 Å². The molecule has 11 heteroatoms. The van der Waals surface area contributed by atoms with Gasteiger partial charge in [0, 0.05) is 13.1 Å². The number of aromatic nitrogens is 2. The lowest BCUT2D eigenvalue weighted by molar-refractivity contribution is -0.141. The monoisotopic (exact) mass is 407 g/mol. The van der Waals surface area contributed by atoms with Crippen LogP contribution in [-0.2, 0) is 11.0 Å². The van der Waals surface area contributed by atoms with Crippen molar-refractivity contribution in [2.45, 2.75) is 24.3 Å². The Bertz CT molecular complexity index is 900. The first kappa shape index (κ1) is 20.9. The van der Waals surface area contributed by atoms with Crippen LogP contribution in [0.1, 0.15) is 24.2 Å². The lowest BCUT2D eigenvalue weighted by Gasteiger charge is -2.25. The number of halogens is 5. The molecule has 1 atom stereocenters. The van der Waals surface area contributed by atoms with Gasteiger partial charge in [0.25, 0.3) is 5.56 Å². The van der Waals surface area contributed by atoms with E-state index in [1.54, 1.807) is 6.92 Å². The van der Waals surface area contributed by atoms with E-state index in [4.69, 9.17) is 0 Å². The zero-order valence-corrected chi connectivity index (χ0v) is 14.9. The van der Waals surface area contributed by atoms with E-state index in [-0.39, 0.29) is 10.9 Å². The minimum Gasteiger partial charge on any atom is -0.338 e. The largest absolute Gasteiger partial charge is 0.433 e. The van der Waals surface area contributed by atoms with Crippen LogP contribution < -0.4 is 5.56 Å². The molecule has 0 bridgehead atoms. The Morgan fingerprint density at radius 2 is 1.93 bits per heavy atom. The predicted molar refractivity (Wildman–Crippen MR) is 88.1 cm³/mol. The summed E-state index contributed by atoms with van der Waals surface area (Å²) in [7, 11) is 1.41. The van der Waals surface area contributed by atoms with E-state index >= 15 is 0 Å². The summed E-state index contributed by atoms with van der Waals surface area (Å²) in [5, 5.41) is -0.350. The summed E-state index contributed by atoms with van der Waals surface area (Å²) < 4.78 is 64.4. The molecule has 0 saturated heterocycles. The van der Waals surface area contributed by atoms with Crippen molar-refractivity contribution in [3.05, 3.63) is 57.5 Å². The molecule has 1 aromatic carbocycles. The van der Waals surface area contributed by atoms with Crippen LogP contribution in [0.2, 0.25) is 0 Å². The zero-order valence-electron chi connectivity index (χ0n) is 14.1. The minimum atomic E-state index is -4.79. The van der Waals surface area contributed by atoms with Gasteiger partial charge in [-0.15, -0.1) is 0 Å². The first-order valence-electron chi connectivity index (χ1n) is 7.51. The first-order valence-corrected chi connectivity index (χ1v) is 8.49. The van der Waals surface area contributed by atoms with Crippen molar-refractivity contribution < 1.29 is 26.7 Å². The average Bonchev–Trinajstić information content (AvgIpc) is 2.59. The van der Waals surface area contributed by atoms with Gasteiger partial charge in [0.1, 0.15) is 0 Å². The minimum absolute atomic E-state index is 0.311. The molecule has 0 saturated carbocycles. The molecule has 1 N–H and O–H groups in total. The predicted octanol–water partition coefficient (Wildman–Crippen LogP) is 3.38. The number of H-pyrrole nitrogens is 1. The van der Waals surface area contributed by atoms with Crippen molar-refractivity contribution in [2.75, 3.05) is 12.8 Å². The van der Waals surface area contributed by atoms with Crippen LogP contribution in [0.4, 0.5) is 22.0 Å². The second-order valence-electron chi connectivity index (χ2n) is 5.58.